The van der Waals surface area contributed by atoms with Gasteiger partial charge < -0.3 is 14.6 Å². The lowest BCUT2D eigenvalue weighted by molar-refractivity contribution is 0.0878. The first-order chi connectivity index (χ1) is 7.63. The smallest absolute Gasteiger partial charge is 0.161 e. The van der Waals surface area contributed by atoms with E-state index >= 15 is 0 Å². The van der Waals surface area contributed by atoms with Crippen LogP contribution in [0, 0.1) is 5.92 Å². The summed E-state index contributed by atoms with van der Waals surface area (Å²) in [5, 5.41) is 9.68. The van der Waals surface area contributed by atoms with Crippen LogP contribution in [0.5, 0.6) is 11.5 Å². The number of aliphatic hydroxyl groups is 1. The number of rotatable bonds is 6. The van der Waals surface area contributed by atoms with Gasteiger partial charge in [0.1, 0.15) is 6.61 Å². The molecule has 1 unspecified atom stereocenters. The number of para-hydroxylation sites is 2. The largest absolute Gasteiger partial charge is 0.493 e. The zero-order chi connectivity index (χ0) is 12.0. The maximum absolute atomic E-state index is 9.68. The van der Waals surface area contributed by atoms with Crippen molar-refractivity contribution in [2.45, 2.75) is 26.4 Å². The molecule has 0 aliphatic rings. The van der Waals surface area contributed by atoms with E-state index in [0.29, 0.717) is 24.0 Å². The molecule has 0 heterocycles. The molecule has 0 aliphatic heterocycles. The van der Waals surface area contributed by atoms with Crippen LogP contribution in [0.3, 0.4) is 0 Å². The van der Waals surface area contributed by atoms with E-state index in [4.69, 9.17) is 9.47 Å². The molecule has 1 aromatic rings. The molecule has 1 N–H and O–H groups in total. The molecule has 16 heavy (non-hydrogen) atoms. The molecule has 0 fully saturated rings. The van der Waals surface area contributed by atoms with Gasteiger partial charge >= 0.3 is 0 Å². The van der Waals surface area contributed by atoms with Gasteiger partial charge in [-0.25, -0.2) is 0 Å². The topological polar surface area (TPSA) is 38.7 Å². The second kappa shape index (κ2) is 6.38. The first kappa shape index (κ1) is 12.8. The summed E-state index contributed by atoms with van der Waals surface area (Å²) >= 11 is 0. The molecular formula is C13H20O3. The Balaban J connectivity index is 2.47. The summed E-state index contributed by atoms with van der Waals surface area (Å²) in [6.45, 7) is 4.46. The average Bonchev–Trinajstić information content (AvgIpc) is 2.26. The van der Waals surface area contributed by atoms with Crippen molar-refractivity contribution in [1.82, 2.24) is 0 Å². The average molecular weight is 224 g/mol. The van der Waals surface area contributed by atoms with Gasteiger partial charge in [-0.3, -0.25) is 0 Å². The third-order valence-electron chi connectivity index (χ3n) is 2.24. The molecule has 3 nitrogen and oxygen atoms in total. The van der Waals surface area contributed by atoms with E-state index in [1.165, 1.54) is 0 Å². The molecule has 1 aromatic carbocycles. The van der Waals surface area contributed by atoms with Crippen molar-refractivity contribution in [2.75, 3.05) is 13.7 Å². The van der Waals surface area contributed by atoms with E-state index in [1.54, 1.807) is 7.11 Å². The highest BCUT2D eigenvalue weighted by molar-refractivity contribution is 5.39. The highest BCUT2D eigenvalue weighted by atomic mass is 16.5. The lowest BCUT2D eigenvalue weighted by Gasteiger charge is -2.15. The van der Waals surface area contributed by atoms with Crippen molar-refractivity contribution >= 4 is 0 Å². The Morgan fingerprint density at radius 3 is 2.38 bits per heavy atom. The van der Waals surface area contributed by atoms with Gasteiger partial charge in [0.25, 0.3) is 0 Å². The van der Waals surface area contributed by atoms with E-state index in [-0.39, 0.29) is 0 Å². The summed E-state index contributed by atoms with van der Waals surface area (Å²) in [6, 6.07) is 7.44. The van der Waals surface area contributed by atoms with E-state index in [2.05, 4.69) is 13.8 Å². The third kappa shape index (κ3) is 4.11. The van der Waals surface area contributed by atoms with Crippen molar-refractivity contribution in [1.29, 1.82) is 0 Å². The maximum atomic E-state index is 9.68. The van der Waals surface area contributed by atoms with Gasteiger partial charge in [0.15, 0.2) is 11.5 Å². The summed E-state index contributed by atoms with van der Waals surface area (Å²) in [5.74, 6) is 1.84. The number of hydrogen-bond donors (Lipinski definition) is 1. The predicted molar refractivity (Wildman–Crippen MR) is 64.0 cm³/mol. The van der Waals surface area contributed by atoms with Crippen LogP contribution in [-0.2, 0) is 0 Å². The van der Waals surface area contributed by atoms with Gasteiger partial charge in [-0.05, 0) is 24.5 Å². The predicted octanol–water partition coefficient (Wildman–Crippen LogP) is 2.48. The minimum Gasteiger partial charge on any atom is -0.493 e. The number of ether oxygens (including phenoxy) is 2. The highest BCUT2D eigenvalue weighted by Crippen LogP contribution is 2.26. The molecule has 0 saturated carbocycles. The van der Waals surface area contributed by atoms with Crippen LogP contribution in [-0.4, -0.2) is 24.9 Å². The van der Waals surface area contributed by atoms with Crippen LogP contribution < -0.4 is 9.47 Å². The van der Waals surface area contributed by atoms with Crippen LogP contribution in [0.15, 0.2) is 24.3 Å². The Morgan fingerprint density at radius 1 is 1.19 bits per heavy atom. The summed E-state index contributed by atoms with van der Waals surface area (Å²) in [6.07, 6.45) is 0.319. The van der Waals surface area contributed by atoms with E-state index in [0.717, 1.165) is 6.42 Å². The van der Waals surface area contributed by atoms with Crippen molar-refractivity contribution in [3.05, 3.63) is 24.3 Å². The van der Waals surface area contributed by atoms with Gasteiger partial charge in [0, 0.05) is 0 Å². The standard InChI is InChI=1S/C13H20O3/c1-10(2)8-11(14)9-16-13-7-5-4-6-12(13)15-3/h4-7,10-11,14H,8-9H2,1-3H3. The van der Waals surface area contributed by atoms with Gasteiger partial charge in [-0.15, -0.1) is 0 Å². The third-order valence-corrected chi connectivity index (χ3v) is 2.24. The Bertz CT molecular complexity index is 310. The minimum atomic E-state index is -0.426. The molecule has 3 heteroatoms. The van der Waals surface area contributed by atoms with Crippen molar-refractivity contribution in [2.24, 2.45) is 5.92 Å². The fourth-order valence-electron chi connectivity index (χ4n) is 1.54. The number of benzene rings is 1. The molecule has 0 bridgehead atoms. The molecule has 0 radical (unpaired) electrons. The normalized spacial score (nSPS) is 12.6. The lowest BCUT2D eigenvalue weighted by Crippen LogP contribution is -2.19. The Kier molecular flexibility index (Phi) is 5.12. The van der Waals surface area contributed by atoms with Gasteiger partial charge in [0.2, 0.25) is 0 Å². The van der Waals surface area contributed by atoms with Crippen LogP contribution in [0.25, 0.3) is 0 Å². The minimum absolute atomic E-state index is 0.304. The number of aliphatic hydroxyl groups excluding tert-OH is 1. The zero-order valence-corrected chi connectivity index (χ0v) is 10.1. The van der Waals surface area contributed by atoms with E-state index < -0.39 is 6.10 Å². The van der Waals surface area contributed by atoms with Crippen LogP contribution >= 0.6 is 0 Å². The van der Waals surface area contributed by atoms with Crippen LogP contribution in [0.2, 0.25) is 0 Å². The van der Waals surface area contributed by atoms with Gasteiger partial charge in [-0.1, -0.05) is 26.0 Å². The fourth-order valence-corrected chi connectivity index (χ4v) is 1.54. The molecule has 0 amide bonds. The molecule has 0 spiro atoms. The highest BCUT2D eigenvalue weighted by Gasteiger charge is 2.09. The summed E-state index contributed by atoms with van der Waals surface area (Å²) in [4.78, 5) is 0. The maximum Gasteiger partial charge on any atom is 0.161 e. The second-order valence-corrected chi connectivity index (χ2v) is 4.25. The summed E-state index contributed by atoms with van der Waals surface area (Å²) in [7, 11) is 1.60. The van der Waals surface area contributed by atoms with E-state index in [9.17, 15) is 5.11 Å². The number of hydrogen-bond acceptors (Lipinski definition) is 3. The SMILES string of the molecule is COc1ccccc1OCC(O)CC(C)C. The van der Waals surface area contributed by atoms with Crippen molar-refractivity contribution < 1.29 is 14.6 Å². The van der Waals surface area contributed by atoms with Crippen LogP contribution in [0.1, 0.15) is 20.3 Å². The molecule has 1 rings (SSSR count). The fraction of sp³-hybridized carbons (Fsp3) is 0.538. The first-order valence-electron chi connectivity index (χ1n) is 5.57. The second-order valence-electron chi connectivity index (χ2n) is 4.25. The Morgan fingerprint density at radius 2 is 1.81 bits per heavy atom. The summed E-state index contributed by atoms with van der Waals surface area (Å²) in [5.41, 5.74) is 0. The molecule has 90 valence electrons. The van der Waals surface area contributed by atoms with Crippen molar-refractivity contribution in [3.8, 4) is 11.5 Å². The van der Waals surface area contributed by atoms with Gasteiger partial charge in [-0.2, -0.15) is 0 Å². The number of methoxy groups -OCH3 is 1. The van der Waals surface area contributed by atoms with E-state index in [1.807, 2.05) is 24.3 Å². The molecule has 0 aliphatic carbocycles. The monoisotopic (exact) mass is 224 g/mol. The summed E-state index contributed by atoms with van der Waals surface area (Å²) < 4.78 is 10.7. The lowest BCUT2D eigenvalue weighted by atomic mass is 10.1. The molecule has 0 aromatic heterocycles. The molecular weight excluding hydrogens is 204 g/mol. The first-order valence-corrected chi connectivity index (χ1v) is 5.57. The zero-order valence-electron chi connectivity index (χ0n) is 10.1. The molecule has 1 atom stereocenters. The van der Waals surface area contributed by atoms with Crippen LogP contribution in [0.4, 0.5) is 0 Å². The Labute approximate surface area is 97.0 Å². The quantitative estimate of drug-likeness (QED) is 0.806. The molecule has 0 saturated heterocycles. The van der Waals surface area contributed by atoms with Crippen molar-refractivity contribution in [3.63, 3.8) is 0 Å². The Hall–Kier alpha value is -1.22. The van der Waals surface area contributed by atoms with Gasteiger partial charge in [0.05, 0.1) is 13.2 Å².